The van der Waals surface area contributed by atoms with Crippen molar-refractivity contribution in [1.29, 1.82) is 0 Å². The highest BCUT2D eigenvalue weighted by atomic mass is 35.5. The fourth-order valence-corrected chi connectivity index (χ4v) is 2.18. The Bertz CT molecular complexity index is 655. The summed E-state index contributed by atoms with van der Waals surface area (Å²) in [6, 6.07) is 13.1. The largest absolute Gasteiger partial charge is 0.481 e. The van der Waals surface area contributed by atoms with Crippen LogP contribution in [0.3, 0.4) is 0 Å². The highest BCUT2D eigenvalue weighted by Gasteiger charge is 2.16. The number of hydrogen-bond donors (Lipinski definition) is 1. The lowest BCUT2D eigenvalue weighted by Gasteiger charge is -2.15. The van der Waals surface area contributed by atoms with Gasteiger partial charge in [-0.15, -0.1) is 0 Å². The van der Waals surface area contributed by atoms with Crippen LogP contribution in [-0.2, 0) is 4.79 Å². The SMILES string of the molecule is Cc1cccc(O[C@H](C)C(=O)Nc2ccc(C)cc2Cl)c1. The molecule has 1 amide bonds. The van der Waals surface area contributed by atoms with Gasteiger partial charge in [-0.1, -0.05) is 29.8 Å². The van der Waals surface area contributed by atoms with Crippen LogP contribution in [0.5, 0.6) is 5.75 Å². The number of hydrogen-bond acceptors (Lipinski definition) is 2. The van der Waals surface area contributed by atoms with Crippen molar-refractivity contribution in [3.8, 4) is 5.75 Å². The summed E-state index contributed by atoms with van der Waals surface area (Å²) in [5.41, 5.74) is 2.72. The van der Waals surface area contributed by atoms with Crippen molar-refractivity contribution >= 4 is 23.2 Å². The van der Waals surface area contributed by atoms with E-state index in [1.807, 2.05) is 50.2 Å². The molecule has 21 heavy (non-hydrogen) atoms. The molecule has 0 aromatic heterocycles. The fourth-order valence-electron chi connectivity index (χ4n) is 1.90. The number of carbonyl (C=O) groups excluding carboxylic acids is 1. The van der Waals surface area contributed by atoms with Gasteiger partial charge in [0, 0.05) is 0 Å². The van der Waals surface area contributed by atoms with E-state index >= 15 is 0 Å². The Labute approximate surface area is 129 Å². The number of benzene rings is 2. The molecule has 0 aliphatic rings. The van der Waals surface area contributed by atoms with E-state index < -0.39 is 6.10 Å². The standard InChI is InChI=1S/C17H18ClNO2/c1-11-5-4-6-14(9-11)21-13(3)17(20)19-16-8-7-12(2)10-15(16)18/h4-10,13H,1-3H3,(H,19,20)/t13-/m1/s1. The predicted octanol–water partition coefficient (Wildman–Crippen LogP) is 4.36. The Morgan fingerprint density at radius 2 is 1.86 bits per heavy atom. The molecule has 4 heteroatoms. The zero-order valence-electron chi connectivity index (χ0n) is 12.3. The molecule has 0 fully saturated rings. The first kappa shape index (κ1) is 15.4. The number of carbonyl (C=O) groups is 1. The third-order valence-electron chi connectivity index (χ3n) is 3.05. The molecular weight excluding hydrogens is 286 g/mol. The Hall–Kier alpha value is -2.00. The van der Waals surface area contributed by atoms with E-state index in [9.17, 15) is 4.79 Å². The number of rotatable bonds is 4. The van der Waals surface area contributed by atoms with E-state index in [0.29, 0.717) is 16.5 Å². The second-order valence-electron chi connectivity index (χ2n) is 5.05. The molecule has 0 heterocycles. The second-order valence-corrected chi connectivity index (χ2v) is 5.46. The van der Waals surface area contributed by atoms with Crippen molar-refractivity contribution in [3.05, 3.63) is 58.6 Å². The molecule has 0 unspecified atom stereocenters. The molecule has 2 aromatic rings. The first-order valence-electron chi connectivity index (χ1n) is 6.76. The van der Waals surface area contributed by atoms with E-state index in [-0.39, 0.29) is 5.91 Å². The quantitative estimate of drug-likeness (QED) is 0.911. The van der Waals surface area contributed by atoms with Gasteiger partial charge in [0.1, 0.15) is 5.75 Å². The van der Waals surface area contributed by atoms with E-state index in [4.69, 9.17) is 16.3 Å². The minimum absolute atomic E-state index is 0.234. The van der Waals surface area contributed by atoms with Gasteiger partial charge in [0.15, 0.2) is 6.10 Å². The van der Waals surface area contributed by atoms with Gasteiger partial charge in [0.25, 0.3) is 5.91 Å². The fraction of sp³-hybridized carbons (Fsp3) is 0.235. The summed E-state index contributed by atoms with van der Waals surface area (Å²) in [6.45, 7) is 5.63. The van der Waals surface area contributed by atoms with Gasteiger partial charge in [-0.05, 0) is 56.2 Å². The Balaban J connectivity index is 2.02. The highest BCUT2D eigenvalue weighted by molar-refractivity contribution is 6.33. The van der Waals surface area contributed by atoms with Crippen LogP contribution < -0.4 is 10.1 Å². The van der Waals surface area contributed by atoms with Crippen molar-refractivity contribution in [2.75, 3.05) is 5.32 Å². The lowest BCUT2D eigenvalue weighted by molar-refractivity contribution is -0.122. The summed E-state index contributed by atoms with van der Waals surface area (Å²) >= 11 is 6.10. The summed E-state index contributed by atoms with van der Waals surface area (Å²) in [7, 11) is 0. The molecule has 0 spiro atoms. The molecule has 1 N–H and O–H groups in total. The Morgan fingerprint density at radius 1 is 1.14 bits per heavy atom. The van der Waals surface area contributed by atoms with Gasteiger partial charge in [0.05, 0.1) is 10.7 Å². The number of amides is 1. The predicted molar refractivity (Wildman–Crippen MR) is 86.1 cm³/mol. The summed E-state index contributed by atoms with van der Waals surface area (Å²) < 4.78 is 5.64. The zero-order valence-corrected chi connectivity index (χ0v) is 13.1. The van der Waals surface area contributed by atoms with Crippen molar-refractivity contribution in [1.82, 2.24) is 0 Å². The second kappa shape index (κ2) is 6.64. The Morgan fingerprint density at radius 3 is 2.52 bits per heavy atom. The number of halogens is 1. The van der Waals surface area contributed by atoms with Crippen molar-refractivity contribution in [3.63, 3.8) is 0 Å². The molecular formula is C17H18ClNO2. The maximum atomic E-state index is 12.1. The van der Waals surface area contributed by atoms with Crippen molar-refractivity contribution < 1.29 is 9.53 Å². The Kier molecular flexibility index (Phi) is 4.86. The molecule has 0 aliphatic carbocycles. The molecule has 0 bridgehead atoms. The maximum absolute atomic E-state index is 12.1. The number of ether oxygens (including phenoxy) is 1. The normalized spacial score (nSPS) is 11.8. The summed E-state index contributed by atoms with van der Waals surface area (Å²) in [5.74, 6) is 0.440. The van der Waals surface area contributed by atoms with Crippen LogP contribution >= 0.6 is 11.6 Å². The van der Waals surface area contributed by atoms with Gasteiger partial charge in [0.2, 0.25) is 0 Å². The molecule has 0 aliphatic heterocycles. The molecule has 2 aromatic carbocycles. The van der Waals surface area contributed by atoms with Crippen LogP contribution in [0.1, 0.15) is 18.1 Å². The average Bonchev–Trinajstić information content (AvgIpc) is 2.41. The van der Waals surface area contributed by atoms with Crippen LogP contribution in [0, 0.1) is 13.8 Å². The summed E-state index contributed by atoms with van der Waals surface area (Å²) in [6.07, 6.45) is -0.607. The number of nitrogens with one attached hydrogen (secondary N) is 1. The van der Waals surface area contributed by atoms with Crippen molar-refractivity contribution in [2.45, 2.75) is 26.9 Å². The van der Waals surface area contributed by atoms with Gasteiger partial charge in [-0.25, -0.2) is 0 Å². The van der Waals surface area contributed by atoms with Crippen LogP contribution in [0.15, 0.2) is 42.5 Å². The lowest BCUT2D eigenvalue weighted by Crippen LogP contribution is -2.30. The average molecular weight is 304 g/mol. The number of aryl methyl sites for hydroxylation is 2. The molecule has 3 nitrogen and oxygen atoms in total. The minimum Gasteiger partial charge on any atom is -0.481 e. The van der Waals surface area contributed by atoms with Gasteiger partial charge in [-0.3, -0.25) is 4.79 Å². The lowest BCUT2D eigenvalue weighted by atomic mass is 10.2. The molecule has 2 rings (SSSR count). The zero-order chi connectivity index (χ0) is 15.4. The monoisotopic (exact) mass is 303 g/mol. The smallest absolute Gasteiger partial charge is 0.265 e. The van der Waals surface area contributed by atoms with Gasteiger partial charge in [-0.2, -0.15) is 0 Å². The number of anilines is 1. The minimum atomic E-state index is -0.607. The topological polar surface area (TPSA) is 38.3 Å². The summed E-state index contributed by atoms with van der Waals surface area (Å²) in [4.78, 5) is 12.1. The molecule has 0 saturated heterocycles. The van der Waals surface area contributed by atoms with Crippen LogP contribution in [0.25, 0.3) is 0 Å². The molecule has 0 radical (unpaired) electrons. The van der Waals surface area contributed by atoms with Crippen molar-refractivity contribution in [2.24, 2.45) is 0 Å². The van der Waals surface area contributed by atoms with Crippen LogP contribution in [0.4, 0.5) is 5.69 Å². The highest BCUT2D eigenvalue weighted by Crippen LogP contribution is 2.23. The van der Waals surface area contributed by atoms with E-state index in [0.717, 1.165) is 11.1 Å². The van der Waals surface area contributed by atoms with Gasteiger partial charge >= 0.3 is 0 Å². The summed E-state index contributed by atoms with van der Waals surface area (Å²) in [5, 5.41) is 3.30. The molecule has 110 valence electrons. The van der Waals surface area contributed by atoms with Crippen LogP contribution in [0.2, 0.25) is 5.02 Å². The maximum Gasteiger partial charge on any atom is 0.265 e. The van der Waals surface area contributed by atoms with E-state index in [2.05, 4.69) is 5.32 Å². The first-order chi connectivity index (χ1) is 9.95. The third kappa shape index (κ3) is 4.23. The van der Waals surface area contributed by atoms with E-state index in [1.165, 1.54) is 0 Å². The molecule has 1 atom stereocenters. The molecule has 0 saturated carbocycles. The van der Waals surface area contributed by atoms with Gasteiger partial charge < -0.3 is 10.1 Å². The van der Waals surface area contributed by atoms with Crippen LogP contribution in [-0.4, -0.2) is 12.0 Å². The third-order valence-corrected chi connectivity index (χ3v) is 3.37. The van der Waals surface area contributed by atoms with E-state index in [1.54, 1.807) is 13.0 Å². The first-order valence-corrected chi connectivity index (χ1v) is 7.14.